The van der Waals surface area contributed by atoms with Gasteiger partial charge in [0.25, 0.3) is 5.91 Å². The molecule has 1 aliphatic heterocycles. The molecule has 1 saturated heterocycles. The largest absolute Gasteiger partial charge is 0.376 e. The molecule has 1 fully saturated rings. The molecule has 0 aliphatic carbocycles. The lowest BCUT2D eigenvalue weighted by atomic mass is 10.1. The second kappa shape index (κ2) is 9.14. The molecule has 2 aromatic carbocycles. The highest BCUT2D eigenvalue weighted by molar-refractivity contribution is 6.07. The molecule has 0 spiro atoms. The number of carbonyl (C=O) groups excluding carboxylic acids is 2. The third kappa shape index (κ3) is 5.53. The maximum absolute atomic E-state index is 12.5. The van der Waals surface area contributed by atoms with Gasteiger partial charge in [-0.25, -0.2) is 0 Å². The van der Waals surface area contributed by atoms with Gasteiger partial charge in [0.05, 0.1) is 17.4 Å². The maximum atomic E-state index is 12.5. The minimum Gasteiger partial charge on any atom is -0.376 e. The summed E-state index contributed by atoms with van der Waals surface area (Å²) in [5, 5.41) is 5.67. The minimum absolute atomic E-state index is 0.0770. The lowest BCUT2D eigenvalue weighted by Crippen LogP contribution is -2.32. The molecule has 1 aliphatic rings. The summed E-state index contributed by atoms with van der Waals surface area (Å²) in [6, 6.07) is 14.9. The van der Waals surface area contributed by atoms with Gasteiger partial charge in [0.1, 0.15) is 0 Å². The average molecular weight is 364 g/mol. The maximum Gasteiger partial charge on any atom is 0.253 e. The monoisotopic (exact) mass is 364 g/mol. The van der Waals surface area contributed by atoms with Crippen LogP contribution in [0.1, 0.15) is 34.3 Å². The van der Waals surface area contributed by atoms with Gasteiger partial charge < -0.3 is 15.4 Å². The van der Waals surface area contributed by atoms with Crippen molar-refractivity contribution in [2.75, 3.05) is 18.5 Å². The first-order valence-electron chi connectivity index (χ1n) is 9.16. The molecule has 0 aromatic heterocycles. The van der Waals surface area contributed by atoms with Gasteiger partial charge in [0.15, 0.2) is 0 Å². The first kappa shape index (κ1) is 18.9. The number of benzene rings is 2. The fourth-order valence-electron chi connectivity index (χ4n) is 2.92. The first-order valence-corrected chi connectivity index (χ1v) is 9.16. The normalized spacial score (nSPS) is 16.4. The topological polar surface area (TPSA) is 67.4 Å². The van der Waals surface area contributed by atoms with Crippen molar-refractivity contribution in [2.45, 2.75) is 25.9 Å². The Kier molecular flexibility index (Phi) is 6.39. The highest BCUT2D eigenvalue weighted by Gasteiger charge is 2.18. The van der Waals surface area contributed by atoms with Crippen molar-refractivity contribution in [1.29, 1.82) is 0 Å². The molecule has 3 rings (SSSR count). The highest BCUT2D eigenvalue weighted by Crippen LogP contribution is 2.16. The standard InChI is InChI=1S/C22H24N2O3/c1-16-8-10-17(11-9-16)12-13-21(25)24-20-7-3-2-6-19(20)22(26)23-15-18-5-4-14-27-18/h2-3,6-13,18H,4-5,14-15H2,1H3,(H,23,26)(H,24,25). The van der Waals surface area contributed by atoms with Crippen LogP contribution in [0, 0.1) is 6.92 Å². The van der Waals surface area contributed by atoms with Crippen molar-refractivity contribution in [2.24, 2.45) is 0 Å². The predicted molar refractivity (Wildman–Crippen MR) is 107 cm³/mol. The van der Waals surface area contributed by atoms with Crippen molar-refractivity contribution >= 4 is 23.6 Å². The van der Waals surface area contributed by atoms with Crippen molar-refractivity contribution in [3.63, 3.8) is 0 Å². The van der Waals surface area contributed by atoms with Crippen LogP contribution in [0.4, 0.5) is 5.69 Å². The number of anilines is 1. The summed E-state index contributed by atoms with van der Waals surface area (Å²) in [5.41, 5.74) is 3.03. The number of hydrogen-bond donors (Lipinski definition) is 2. The third-order valence-electron chi connectivity index (χ3n) is 4.45. The Bertz CT molecular complexity index is 822. The Hall–Kier alpha value is -2.92. The number of ether oxygens (including phenoxy) is 1. The Labute approximate surface area is 159 Å². The van der Waals surface area contributed by atoms with Gasteiger partial charge in [-0.05, 0) is 43.5 Å². The van der Waals surface area contributed by atoms with Crippen molar-refractivity contribution in [1.82, 2.24) is 5.32 Å². The van der Waals surface area contributed by atoms with Crippen molar-refractivity contribution in [3.8, 4) is 0 Å². The van der Waals surface area contributed by atoms with Crippen LogP contribution in [0.15, 0.2) is 54.6 Å². The summed E-state index contributed by atoms with van der Waals surface area (Å²) in [6.45, 7) is 3.25. The minimum atomic E-state index is -0.282. The number of amides is 2. The van der Waals surface area contributed by atoms with E-state index in [1.54, 1.807) is 30.3 Å². The Morgan fingerprint density at radius 2 is 1.93 bits per heavy atom. The summed E-state index contributed by atoms with van der Waals surface area (Å²) in [4.78, 5) is 24.7. The predicted octanol–water partition coefficient (Wildman–Crippen LogP) is 3.56. The Morgan fingerprint density at radius 3 is 2.67 bits per heavy atom. The SMILES string of the molecule is Cc1ccc(C=CC(=O)Nc2ccccc2C(=O)NCC2CCCO2)cc1. The second-order valence-electron chi connectivity index (χ2n) is 6.62. The van der Waals surface area contributed by atoms with E-state index in [0.29, 0.717) is 17.8 Å². The van der Waals surface area contributed by atoms with Gasteiger partial charge in [0.2, 0.25) is 5.91 Å². The smallest absolute Gasteiger partial charge is 0.253 e. The van der Waals surface area contributed by atoms with Crippen LogP contribution < -0.4 is 10.6 Å². The van der Waals surface area contributed by atoms with E-state index in [2.05, 4.69) is 10.6 Å². The van der Waals surface area contributed by atoms with Gasteiger partial charge in [-0.3, -0.25) is 9.59 Å². The average Bonchev–Trinajstić information content (AvgIpc) is 3.20. The highest BCUT2D eigenvalue weighted by atomic mass is 16.5. The number of rotatable bonds is 6. The van der Waals surface area contributed by atoms with E-state index in [1.807, 2.05) is 31.2 Å². The second-order valence-corrected chi connectivity index (χ2v) is 6.62. The van der Waals surface area contributed by atoms with Gasteiger partial charge in [-0.15, -0.1) is 0 Å². The van der Waals surface area contributed by atoms with E-state index in [1.165, 1.54) is 11.6 Å². The van der Waals surface area contributed by atoms with Crippen molar-refractivity contribution in [3.05, 3.63) is 71.3 Å². The van der Waals surface area contributed by atoms with Crippen LogP contribution in [0.3, 0.4) is 0 Å². The van der Waals surface area contributed by atoms with Crippen LogP contribution in [0.5, 0.6) is 0 Å². The summed E-state index contributed by atoms with van der Waals surface area (Å²) in [6.07, 6.45) is 5.27. The molecule has 1 heterocycles. The van der Waals surface area contributed by atoms with Crippen LogP contribution in [0.2, 0.25) is 0 Å². The number of para-hydroxylation sites is 1. The molecule has 1 atom stereocenters. The zero-order valence-electron chi connectivity index (χ0n) is 15.4. The molecule has 2 N–H and O–H groups in total. The molecule has 2 aromatic rings. The molecule has 0 bridgehead atoms. The fraction of sp³-hybridized carbons (Fsp3) is 0.273. The summed E-state index contributed by atoms with van der Waals surface area (Å²) in [5.74, 6) is -0.501. The summed E-state index contributed by atoms with van der Waals surface area (Å²) < 4.78 is 5.52. The van der Waals surface area contributed by atoms with Gasteiger partial charge in [-0.2, -0.15) is 0 Å². The van der Waals surface area contributed by atoms with Crippen LogP contribution in [-0.4, -0.2) is 31.1 Å². The fourth-order valence-corrected chi connectivity index (χ4v) is 2.92. The third-order valence-corrected chi connectivity index (χ3v) is 4.45. The number of hydrogen-bond acceptors (Lipinski definition) is 3. The molecule has 0 saturated carbocycles. The zero-order chi connectivity index (χ0) is 19.1. The number of carbonyl (C=O) groups is 2. The molecular formula is C22H24N2O3. The molecule has 0 radical (unpaired) electrons. The summed E-state index contributed by atoms with van der Waals surface area (Å²) in [7, 11) is 0. The van der Waals surface area contributed by atoms with Crippen LogP contribution in [0.25, 0.3) is 6.08 Å². The van der Waals surface area contributed by atoms with Crippen molar-refractivity contribution < 1.29 is 14.3 Å². The van der Waals surface area contributed by atoms with Gasteiger partial charge in [0, 0.05) is 19.2 Å². The molecule has 5 nitrogen and oxygen atoms in total. The van der Waals surface area contributed by atoms with Crippen LogP contribution in [-0.2, 0) is 9.53 Å². The zero-order valence-corrected chi connectivity index (χ0v) is 15.4. The van der Waals surface area contributed by atoms with E-state index in [9.17, 15) is 9.59 Å². The quantitative estimate of drug-likeness (QED) is 0.770. The molecule has 140 valence electrons. The molecule has 27 heavy (non-hydrogen) atoms. The Morgan fingerprint density at radius 1 is 1.15 bits per heavy atom. The Balaban J connectivity index is 1.61. The van der Waals surface area contributed by atoms with Gasteiger partial charge in [-0.1, -0.05) is 42.0 Å². The summed E-state index contributed by atoms with van der Waals surface area (Å²) >= 11 is 0. The van der Waals surface area contributed by atoms with E-state index < -0.39 is 0 Å². The van der Waals surface area contributed by atoms with E-state index >= 15 is 0 Å². The van der Waals surface area contributed by atoms with E-state index in [-0.39, 0.29) is 17.9 Å². The van der Waals surface area contributed by atoms with E-state index in [4.69, 9.17) is 4.74 Å². The molecule has 2 amide bonds. The van der Waals surface area contributed by atoms with Gasteiger partial charge >= 0.3 is 0 Å². The first-order chi connectivity index (χ1) is 13.1. The molecular weight excluding hydrogens is 340 g/mol. The lowest BCUT2D eigenvalue weighted by molar-refractivity contribution is -0.111. The number of nitrogens with one attached hydrogen (secondary N) is 2. The number of aryl methyl sites for hydroxylation is 1. The van der Waals surface area contributed by atoms with Crippen LogP contribution >= 0.6 is 0 Å². The lowest BCUT2D eigenvalue weighted by Gasteiger charge is -2.13. The van der Waals surface area contributed by atoms with E-state index in [0.717, 1.165) is 25.0 Å². The molecule has 1 unspecified atom stereocenters. The molecule has 5 heteroatoms.